The topological polar surface area (TPSA) is 98.8 Å². The van der Waals surface area contributed by atoms with Crippen LogP contribution < -0.4 is 15.2 Å². The number of ether oxygens (including phenoxy) is 2. The Hall–Kier alpha value is -2.50. The van der Waals surface area contributed by atoms with Crippen LogP contribution in [-0.4, -0.2) is 30.7 Å². The van der Waals surface area contributed by atoms with Crippen LogP contribution in [0.25, 0.3) is 6.08 Å². The number of hydrogen-bond acceptors (Lipinski definition) is 4. The zero-order valence-electron chi connectivity index (χ0n) is 10.5. The smallest absolute Gasteiger partial charge is 0.328 e. The molecule has 1 aromatic carbocycles. The largest absolute Gasteiger partial charge is 0.497 e. The number of rotatable bonds is 7. The summed E-state index contributed by atoms with van der Waals surface area (Å²) in [5.74, 6) is -0.524. The van der Waals surface area contributed by atoms with E-state index in [9.17, 15) is 9.59 Å². The van der Waals surface area contributed by atoms with Crippen molar-refractivity contribution in [1.82, 2.24) is 0 Å². The Kier molecular flexibility index (Phi) is 5.40. The van der Waals surface area contributed by atoms with Crippen molar-refractivity contribution >= 4 is 18.0 Å². The number of amides is 1. The van der Waals surface area contributed by atoms with E-state index in [4.69, 9.17) is 20.3 Å². The van der Waals surface area contributed by atoms with E-state index in [0.717, 1.165) is 6.08 Å². The van der Waals surface area contributed by atoms with Crippen LogP contribution in [-0.2, 0) is 9.59 Å². The first-order valence-electron chi connectivity index (χ1n) is 5.53. The van der Waals surface area contributed by atoms with Crippen molar-refractivity contribution in [2.75, 3.05) is 13.7 Å². The van der Waals surface area contributed by atoms with Crippen LogP contribution in [0.3, 0.4) is 0 Å². The summed E-state index contributed by atoms with van der Waals surface area (Å²) in [5.41, 5.74) is 5.59. The number of carboxylic acids is 1. The minimum atomic E-state index is -1.06. The highest BCUT2D eigenvalue weighted by molar-refractivity contribution is 5.86. The van der Waals surface area contributed by atoms with E-state index in [1.165, 1.54) is 13.2 Å². The highest BCUT2D eigenvalue weighted by atomic mass is 16.5. The molecule has 0 unspecified atom stereocenters. The Morgan fingerprint density at radius 2 is 2.16 bits per heavy atom. The second-order valence-electron chi connectivity index (χ2n) is 3.64. The molecule has 0 atom stereocenters. The minimum Gasteiger partial charge on any atom is -0.497 e. The van der Waals surface area contributed by atoms with Crippen LogP contribution in [0, 0.1) is 0 Å². The van der Waals surface area contributed by atoms with Gasteiger partial charge in [-0.15, -0.1) is 0 Å². The molecule has 102 valence electrons. The molecular weight excluding hydrogens is 250 g/mol. The van der Waals surface area contributed by atoms with Gasteiger partial charge in [-0.05, 0) is 18.2 Å². The second kappa shape index (κ2) is 7.05. The third kappa shape index (κ3) is 5.12. The predicted molar refractivity (Wildman–Crippen MR) is 69.0 cm³/mol. The van der Waals surface area contributed by atoms with Crippen molar-refractivity contribution in [3.05, 3.63) is 29.8 Å². The summed E-state index contributed by atoms with van der Waals surface area (Å²) in [6.07, 6.45) is 2.49. The predicted octanol–water partition coefficient (Wildman–Crippen LogP) is 1.05. The number of aliphatic carboxylic acids is 1. The van der Waals surface area contributed by atoms with Crippen LogP contribution in [0.1, 0.15) is 12.0 Å². The standard InChI is InChI=1S/C13H15NO5/c1-18-10-4-2-9(3-5-13(16)17)11(8-10)19-7-6-12(14)15/h2-5,8H,6-7H2,1H3,(H2,14,15)(H,16,17)/b5-3+. The van der Waals surface area contributed by atoms with Crippen molar-refractivity contribution in [3.8, 4) is 11.5 Å². The van der Waals surface area contributed by atoms with Crippen LogP contribution in [0.15, 0.2) is 24.3 Å². The molecule has 0 aliphatic rings. The molecule has 6 heteroatoms. The number of carboxylic acid groups (broad SMARTS) is 1. The molecule has 1 amide bonds. The summed E-state index contributed by atoms with van der Waals surface area (Å²) in [4.78, 5) is 21.1. The van der Waals surface area contributed by atoms with Gasteiger partial charge < -0.3 is 20.3 Å². The molecule has 0 bridgehead atoms. The Morgan fingerprint density at radius 1 is 1.42 bits per heavy atom. The summed E-state index contributed by atoms with van der Waals surface area (Å²) < 4.78 is 10.4. The second-order valence-corrected chi connectivity index (χ2v) is 3.64. The third-order valence-electron chi connectivity index (χ3n) is 2.23. The zero-order chi connectivity index (χ0) is 14.3. The summed E-state index contributed by atoms with van der Waals surface area (Å²) in [5, 5.41) is 8.60. The summed E-state index contributed by atoms with van der Waals surface area (Å²) in [6.45, 7) is 0.121. The highest BCUT2D eigenvalue weighted by Gasteiger charge is 2.05. The van der Waals surface area contributed by atoms with Gasteiger partial charge in [-0.25, -0.2) is 4.79 Å². The molecule has 0 saturated heterocycles. The van der Waals surface area contributed by atoms with E-state index in [1.807, 2.05) is 0 Å². The van der Waals surface area contributed by atoms with E-state index < -0.39 is 11.9 Å². The van der Waals surface area contributed by atoms with Crippen LogP contribution in [0.4, 0.5) is 0 Å². The normalized spacial score (nSPS) is 10.4. The van der Waals surface area contributed by atoms with Gasteiger partial charge in [-0.3, -0.25) is 4.79 Å². The quantitative estimate of drug-likeness (QED) is 0.718. The van der Waals surface area contributed by atoms with E-state index >= 15 is 0 Å². The Balaban J connectivity index is 2.88. The van der Waals surface area contributed by atoms with Gasteiger partial charge in [0.2, 0.25) is 5.91 Å². The van der Waals surface area contributed by atoms with Crippen molar-refractivity contribution in [3.63, 3.8) is 0 Å². The summed E-state index contributed by atoms with van der Waals surface area (Å²) in [6, 6.07) is 4.96. The lowest BCUT2D eigenvalue weighted by atomic mass is 10.1. The van der Waals surface area contributed by atoms with Gasteiger partial charge in [0.25, 0.3) is 0 Å². The molecule has 0 fully saturated rings. The fourth-order valence-electron chi connectivity index (χ4n) is 1.33. The summed E-state index contributed by atoms with van der Waals surface area (Å²) >= 11 is 0. The molecule has 0 saturated carbocycles. The van der Waals surface area contributed by atoms with E-state index in [2.05, 4.69) is 0 Å². The lowest BCUT2D eigenvalue weighted by Crippen LogP contribution is -2.14. The monoisotopic (exact) mass is 265 g/mol. The van der Waals surface area contributed by atoms with Crippen LogP contribution in [0.5, 0.6) is 11.5 Å². The molecule has 3 N–H and O–H groups in total. The molecule has 0 aliphatic carbocycles. The Morgan fingerprint density at radius 3 is 2.74 bits per heavy atom. The van der Waals surface area contributed by atoms with Gasteiger partial charge in [-0.1, -0.05) is 0 Å². The van der Waals surface area contributed by atoms with Gasteiger partial charge in [0.15, 0.2) is 0 Å². The zero-order valence-corrected chi connectivity index (χ0v) is 10.5. The van der Waals surface area contributed by atoms with Crippen LogP contribution >= 0.6 is 0 Å². The first kappa shape index (κ1) is 14.6. The summed E-state index contributed by atoms with van der Waals surface area (Å²) in [7, 11) is 1.51. The van der Waals surface area contributed by atoms with Crippen molar-refractivity contribution in [1.29, 1.82) is 0 Å². The molecule has 6 nitrogen and oxygen atoms in total. The first-order chi connectivity index (χ1) is 9.02. The number of hydrogen-bond donors (Lipinski definition) is 2. The SMILES string of the molecule is COc1ccc(/C=C/C(=O)O)c(OCCC(N)=O)c1. The molecule has 1 aromatic rings. The minimum absolute atomic E-state index is 0.0826. The maximum absolute atomic E-state index is 10.6. The maximum Gasteiger partial charge on any atom is 0.328 e. The number of primary amides is 1. The fourth-order valence-corrected chi connectivity index (χ4v) is 1.33. The number of benzene rings is 1. The van der Waals surface area contributed by atoms with Gasteiger partial charge in [-0.2, -0.15) is 0 Å². The first-order valence-corrected chi connectivity index (χ1v) is 5.53. The molecule has 19 heavy (non-hydrogen) atoms. The van der Waals surface area contributed by atoms with Gasteiger partial charge in [0, 0.05) is 17.7 Å². The Bertz CT molecular complexity index is 496. The number of carbonyl (C=O) groups is 2. The highest BCUT2D eigenvalue weighted by Crippen LogP contribution is 2.26. The molecule has 0 spiro atoms. The lowest BCUT2D eigenvalue weighted by Gasteiger charge is -2.10. The average molecular weight is 265 g/mol. The number of nitrogens with two attached hydrogens (primary N) is 1. The number of methoxy groups -OCH3 is 1. The Labute approximate surface area is 110 Å². The van der Waals surface area contributed by atoms with Gasteiger partial charge in [0.1, 0.15) is 11.5 Å². The van der Waals surface area contributed by atoms with Gasteiger partial charge in [0.05, 0.1) is 20.1 Å². The van der Waals surface area contributed by atoms with E-state index in [0.29, 0.717) is 17.1 Å². The van der Waals surface area contributed by atoms with Crippen LogP contribution in [0.2, 0.25) is 0 Å². The van der Waals surface area contributed by atoms with Crippen molar-refractivity contribution < 1.29 is 24.2 Å². The van der Waals surface area contributed by atoms with E-state index in [-0.39, 0.29) is 13.0 Å². The molecular formula is C13H15NO5. The van der Waals surface area contributed by atoms with Gasteiger partial charge >= 0.3 is 5.97 Å². The molecule has 0 aliphatic heterocycles. The maximum atomic E-state index is 10.6. The van der Waals surface area contributed by atoms with Crippen molar-refractivity contribution in [2.45, 2.75) is 6.42 Å². The van der Waals surface area contributed by atoms with E-state index in [1.54, 1.807) is 18.2 Å². The average Bonchev–Trinajstić information content (AvgIpc) is 2.36. The third-order valence-corrected chi connectivity index (χ3v) is 2.23. The fraction of sp³-hybridized carbons (Fsp3) is 0.231. The molecule has 0 heterocycles. The molecule has 1 rings (SSSR count). The number of carbonyl (C=O) groups excluding carboxylic acids is 1. The molecule has 0 aromatic heterocycles. The van der Waals surface area contributed by atoms with Crippen molar-refractivity contribution in [2.24, 2.45) is 5.73 Å². The lowest BCUT2D eigenvalue weighted by molar-refractivity contribution is -0.131. The molecule has 0 radical (unpaired) electrons.